The van der Waals surface area contributed by atoms with Gasteiger partial charge in [-0.3, -0.25) is 9.59 Å². The fourth-order valence-corrected chi connectivity index (χ4v) is 3.78. The number of carbonyl (C=O) groups excluding carboxylic acids is 2. The number of fused-ring (bicyclic) bond motifs is 1. The number of benzene rings is 2. The van der Waals surface area contributed by atoms with Crippen LogP contribution in [0.1, 0.15) is 22.3 Å². The SMILES string of the molecule is CNC(=O)c1ccc(C)c(-c2cc(Cl)c3cnc(NC(=O)[C@H]4C[C@@H]4C#N)cc3c2)c1. The quantitative estimate of drug-likeness (QED) is 0.659. The van der Waals surface area contributed by atoms with Crippen LogP contribution in [-0.4, -0.2) is 23.8 Å². The summed E-state index contributed by atoms with van der Waals surface area (Å²) in [5, 5.41) is 16.4. The molecule has 1 heterocycles. The molecule has 1 saturated carbocycles. The summed E-state index contributed by atoms with van der Waals surface area (Å²) in [7, 11) is 1.60. The molecule has 2 aromatic carbocycles. The van der Waals surface area contributed by atoms with Crippen LogP contribution < -0.4 is 10.6 Å². The zero-order valence-electron chi connectivity index (χ0n) is 16.5. The highest BCUT2D eigenvalue weighted by atomic mass is 35.5. The van der Waals surface area contributed by atoms with Crippen LogP contribution in [0.2, 0.25) is 5.02 Å². The van der Waals surface area contributed by atoms with Crippen LogP contribution in [0.5, 0.6) is 0 Å². The van der Waals surface area contributed by atoms with Crippen molar-refractivity contribution in [2.75, 3.05) is 12.4 Å². The van der Waals surface area contributed by atoms with Gasteiger partial charge in [-0.2, -0.15) is 5.26 Å². The lowest BCUT2D eigenvalue weighted by Gasteiger charge is -2.12. The summed E-state index contributed by atoms with van der Waals surface area (Å²) in [6.45, 7) is 1.97. The van der Waals surface area contributed by atoms with Crippen molar-refractivity contribution in [3.05, 3.63) is 58.7 Å². The second kappa shape index (κ2) is 7.77. The first-order valence-electron chi connectivity index (χ1n) is 9.54. The highest BCUT2D eigenvalue weighted by molar-refractivity contribution is 6.36. The molecule has 0 bridgehead atoms. The fourth-order valence-electron chi connectivity index (χ4n) is 3.50. The van der Waals surface area contributed by atoms with Crippen LogP contribution in [0.15, 0.2) is 42.6 Å². The Morgan fingerprint density at radius 2 is 2.03 bits per heavy atom. The number of nitrogens with zero attached hydrogens (tertiary/aromatic N) is 2. The number of rotatable bonds is 4. The number of anilines is 1. The summed E-state index contributed by atoms with van der Waals surface area (Å²) >= 11 is 6.51. The molecule has 0 aliphatic heterocycles. The van der Waals surface area contributed by atoms with Gasteiger partial charge in [0, 0.05) is 24.2 Å². The topological polar surface area (TPSA) is 94.9 Å². The van der Waals surface area contributed by atoms with Gasteiger partial charge in [0.15, 0.2) is 0 Å². The Hall–Kier alpha value is -3.43. The third-order valence-electron chi connectivity index (χ3n) is 5.37. The Bertz CT molecular complexity index is 1230. The molecule has 0 radical (unpaired) electrons. The first kappa shape index (κ1) is 19.9. The van der Waals surface area contributed by atoms with E-state index in [0.717, 1.165) is 27.5 Å². The van der Waals surface area contributed by atoms with E-state index in [4.69, 9.17) is 16.9 Å². The lowest BCUT2D eigenvalue weighted by molar-refractivity contribution is -0.117. The predicted molar refractivity (Wildman–Crippen MR) is 116 cm³/mol. The Kier molecular flexibility index (Phi) is 5.15. The van der Waals surface area contributed by atoms with E-state index in [-0.39, 0.29) is 23.7 Å². The highest BCUT2D eigenvalue weighted by Gasteiger charge is 2.43. The van der Waals surface area contributed by atoms with Crippen molar-refractivity contribution >= 4 is 40.0 Å². The average Bonchev–Trinajstić information content (AvgIpc) is 3.53. The van der Waals surface area contributed by atoms with E-state index < -0.39 is 0 Å². The zero-order chi connectivity index (χ0) is 21.4. The van der Waals surface area contributed by atoms with Crippen molar-refractivity contribution in [2.45, 2.75) is 13.3 Å². The summed E-state index contributed by atoms with van der Waals surface area (Å²) in [5.41, 5.74) is 3.34. The fraction of sp³-hybridized carbons (Fsp3) is 0.217. The summed E-state index contributed by atoms with van der Waals surface area (Å²) in [4.78, 5) is 28.6. The van der Waals surface area contributed by atoms with Gasteiger partial charge in [-0.15, -0.1) is 0 Å². The molecule has 0 unspecified atom stereocenters. The first-order valence-corrected chi connectivity index (χ1v) is 9.92. The number of halogens is 1. The highest BCUT2D eigenvalue weighted by Crippen LogP contribution is 2.39. The van der Waals surface area contributed by atoms with Gasteiger partial charge in [0.2, 0.25) is 5.91 Å². The summed E-state index contributed by atoms with van der Waals surface area (Å²) in [5.74, 6) is -0.405. The number of nitrogens with one attached hydrogen (secondary N) is 2. The van der Waals surface area contributed by atoms with Crippen molar-refractivity contribution in [2.24, 2.45) is 11.8 Å². The van der Waals surface area contributed by atoms with E-state index in [1.54, 1.807) is 25.4 Å². The molecule has 3 aromatic rings. The number of carbonyl (C=O) groups is 2. The monoisotopic (exact) mass is 418 g/mol. The Labute approximate surface area is 178 Å². The molecule has 2 amide bonds. The van der Waals surface area contributed by atoms with E-state index in [1.165, 1.54) is 0 Å². The van der Waals surface area contributed by atoms with Crippen molar-refractivity contribution in [3.63, 3.8) is 0 Å². The molecule has 2 N–H and O–H groups in total. The van der Waals surface area contributed by atoms with Gasteiger partial charge in [0.1, 0.15) is 5.82 Å². The van der Waals surface area contributed by atoms with Crippen LogP contribution in [0, 0.1) is 30.1 Å². The number of pyridine rings is 1. The third-order valence-corrected chi connectivity index (χ3v) is 5.68. The minimum Gasteiger partial charge on any atom is -0.355 e. The molecule has 1 aliphatic rings. The Balaban J connectivity index is 1.71. The normalized spacial score (nSPS) is 17.3. The largest absolute Gasteiger partial charge is 0.355 e. The molecule has 1 aromatic heterocycles. The minimum atomic E-state index is -0.266. The van der Waals surface area contributed by atoms with E-state index >= 15 is 0 Å². The van der Waals surface area contributed by atoms with E-state index in [9.17, 15) is 9.59 Å². The van der Waals surface area contributed by atoms with Gasteiger partial charge in [-0.05, 0) is 65.8 Å². The maximum absolute atomic E-state index is 12.2. The van der Waals surface area contributed by atoms with Crippen molar-refractivity contribution < 1.29 is 9.59 Å². The molecular weight excluding hydrogens is 400 g/mol. The second-order valence-electron chi connectivity index (χ2n) is 7.42. The van der Waals surface area contributed by atoms with Gasteiger partial charge in [-0.1, -0.05) is 17.7 Å². The van der Waals surface area contributed by atoms with Crippen LogP contribution in [-0.2, 0) is 4.79 Å². The lowest BCUT2D eigenvalue weighted by Crippen LogP contribution is -2.17. The second-order valence-corrected chi connectivity index (χ2v) is 7.83. The third kappa shape index (κ3) is 3.72. The van der Waals surface area contributed by atoms with Gasteiger partial charge in [0.25, 0.3) is 5.91 Å². The molecule has 0 spiro atoms. The number of hydrogen-bond donors (Lipinski definition) is 2. The van der Waals surface area contributed by atoms with Crippen molar-refractivity contribution in [3.8, 4) is 17.2 Å². The molecule has 0 saturated heterocycles. The van der Waals surface area contributed by atoms with Crippen LogP contribution >= 0.6 is 11.6 Å². The van der Waals surface area contributed by atoms with Gasteiger partial charge >= 0.3 is 0 Å². The van der Waals surface area contributed by atoms with Crippen LogP contribution in [0.3, 0.4) is 0 Å². The maximum atomic E-state index is 12.2. The predicted octanol–water partition coefficient (Wildman–Crippen LogP) is 4.32. The van der Waals surface area contributed by atoms with Crippen molar-refractivity contribution in [1.82, 2.24) is 10.3 Å². The lowest BCUT2D eigenvalue weighted by atomic mass is 9.96. The van der Waals surface area contributed by atoms with E-state index in [0.29, 0.717) is 22.8 Å². The molecule has 2 atom stereocenters. The average molecular weight is 419 g/mol. The molecule has 30 heavy (non-hydrogen) atoms. The van der Waals surface area contributed by atoms with Gasteiger partial charge in [-0.25, -0.2) is 4.98 Å². The number of aromatic nitrogens is 1. The molecule has 4 rings (SSSR count). The molecule has 150 valence electrons. The molecule has 1 fully saturated rings. The minimum absolute atomic E-state index is 0.159. The first-order chi connectivity index (χ1) is 14.4. The van der Waals surface area contributed by atoms with Crippen LogP contribution in [0.25, 0.3) is 21.9 Å². The molecule has 1 aliphatic carbocycles. The molecule has 7 heteroatoms. The Morgan fingerprint density at radius 3 is 2.73 bits per heavy atom. The number of aryl methyl sites for hydroxylation is 1. The van der Waals surface area contributed by atoms with Gasteiger partial charge < -0.3 is 10.6 Å². The summed E-state index contributed by atoms with van der Waals surface area (Å²) in [6.07, 6.45) is 2.21. The molecular formula is C23H19ClN4O2. The smallest absolute Gasteiger partial charge is 0.251 e. The summed E-state index contributed by atoms with van der Waals surface area (Å²) in [6, 6.07) is 13.2. The zero-order valence-corrected chi connectivity index (χ0v) is 17.2. The Morgan fingerprint density at radius 1 is 1.23 bits per heavy atom. The van der Waals surface area contributed by atoms with Gasteiger partial charge in [0.05, 0.1) is 22.9 Å². The number of nitriles is 1. The number of amides is 2. The maximum Gasteiger partial charge on any atom is 0.251 e. The van der Waals surface area contributed by atoms with Crippen LogP contribution in [0.4, 0.5) is 5.82 Å². The summed E-state index contributed by atoms with van der Waals surface area (Å²) < 4.78 is 0. The van der Waals surface area contributed by atoms with E-state index in [2.05, 4.69) is 21.7 Å². The number of hydrogen-bond acceptors (Lipinski definition) is 4. The van der Waals surface area contributed by atoms with Crippen molar-refractivity contribution in [1.29, 1.82) is 5.26 Å². The van der Waals surface area contributed by atoms with E-state index in [1.807, 2.05) is 31.2 Å². The standard InChI is InChI=1S/C23H19ClN4O2/c1-12-3-4-13(22(29)26-2)6-17(12)14-5-15-9-21(27-11-19(15)20(24)8-14)28-23(30)18-7-16(18)10-25/h3-6,8-9,11,16,18H,7H2,1-2H3,(H,26,29)(H,27,28,30)/t16-,18+/m1/s1. The molecule has 6 nitrogen and oxygen atoms in total.